The van der Waals surface area contributed by atoms with Gasteiger partial charge in [-0.15, -0.1) is 0 Å². The standard InChI is InChI=1S/C15H21NO3/c1-2-14(17)13-5-3-4-6-15(13)19-12-9-16-7-10-18-11-8-16/h3-6H,2,7-12H2,1H3/p+1. The Morgan fingerprint density at radius 2 is 2.05 bits per heavy atom. The van der Waals surface area contributed by atoms with E-state index in [4.69, 9.17) is 9.47 Å². The molecule has 1 aromatic rings. The summed E-state index contributed by atoms with van der Waals surface area (Å²) in [6.07, 6.45) is 0.509. The molecule has 0 amide bonds. The van der Waals surface area contributed by atoms with Gasteiger partial charge < -0.3 is 14.4 Å². The molecule has 0 radical (unpaired) electrons. The first-order valence-electron chi connectivity index (χ1n) is 6.97. The number of Topliss-reactive ketones (excluding diaryl/α,β-unsaturated/α-hetero) is 1. The molecule has 0 saturated carbocycles. The number of carbonyl (C=O) groups is 1. The zero-order valence-electron chi connectivity index (χ0n) is 11.5. The van der Waals surface area contributed by atoms with Crippen molar-refractivity contribution in [3.63, 3.8) is 0 Å². The van der Waals surface area contributed by atoms with Crippen LogP contribution in [0, 0.1) is 0 Å². The van der Waals surface area contributed by atoms with Crippen LogP contribution in [0.3, 0.4) is 0 Å². The quantitative estimate of drug-likeness (QED) is 0.764. The molecule has 0 bridgehead atoms. The van der Waals surface area contributed by atoms with Crippen molar-refractivity contribution in [3.05, 3.63) is 29.8 Å². The Morgan fingerprint density at radius 3 is 2.79 bits per heavy atom. The van der Waals surface area contributed by atoms with E-state index in [1.54, 1.807) is 0 Å². The molecular weight excluding hydrogens is 242 g/mol. The summed E-state index contributed by atoms with van der Waals surface area (Å²) in [6.45, 7) is 7.22. The predicted molar refractivity (Wildman–Crippen MR) is 72.9 cm³/mol. The van der Waals surface area contributed by atoms with Gasteiger partial charge in [0.1, 0.15) is 32.0 Å². The summed E-state index contributed by atoms with van der Waals surface area (Å²) in [7, 11) is 0. The molecule has 4 heteroatoms. The normalized spacial score (nSPS) is 16.3. The number of morpholine rings is 1. The van der Waals surface area contributed by atoms with Crippen molar-refractivity contribution >= 4 is 5.78 Å². The first-order chi connectivity index (χ1) is 9.31. The number of hydrogen-bond donors (Lipinski definition) is 1. The topological polar surface area (TPSA) is 40.0 Å². The number of quaternary nitrogens is 1. The molecule has 1 heterocycles. The van der Waals surface area contributed by atoms with Gasteiger partial charge in [0.15, 0.2) is 5.78 Å². The van der Waals surface area contributed by atoms with Crippen molar-refractivity contribution in [3.8, 4) is 5.75 Å². The van der Waals surface area contributed by atoms with Crippen LogP contribution in [0.1, 0.15) is 23.7 Å². The second kappa shape index (κ2) is 7.26. The molecule has 0 spiro atoms. The second-order valence-corrected chi connectivity index (χ2v) is 4.73. The molecule has 104 valence electrons. The van der Waals surface area contributed by atoms with Crippen molar-refractivity contribution in [2.75, 3.05) is 39.5 Å². The molecular formula is C15H22NO3+. The molecule has 0 aromatic heterocycles. The lowest BCUT2D eigenvalue weighted by Gasteiger charge is -2.23. The average Bonchev–Trinajstić information content (AvgIpc) is 2.48. The van der Waals surface area contributed by atoms with Gasteiger partial charge in [-0.25, -0.2) is 0 Å². The highest BCUT2D eigenvalue weighted by molar-refractivity contribution is 5.98. The number of para-hydroxylation sites is 1. The van der Waals surface area contributed by atoms with Crippen molar-refractivity contribution in [1.29, 1.82) is 0 Å². The summed E-state index contributed by atoms with van der Waals surface area (Å²) >= 11 is 0. The maximum atomic E-state index is 11.8. The van der Waals surface area contributed by atoms with E-state index in [0.29, 0.717) is 24.3 Å². The minimum Gasteiger partial charge on any atom is -0.487 e. The average molecular weight is 264 g/mol. The molecule has 19 heavy (non-hydrogen) atoms. The van der Waals surface area contributed by atoms with Crippen molar-refractivity contribution in [1.82, 2.24) is 0 Å². The lowest BCUT2D eigenvalue weighted by Crippen LogP contribution is -3.14. The van der Waals surface area contributed by atoms with E-state index in [2.05, 4.69) is 0 Å². The van der Waals surface area contributed by atoms with Gasteiger partial charge in [-0.1, -0.05) is 19.1 Å². The molecule has 2 rings (SSSR count). The first-order valence-corrected chi connectivity index (χ1v) is 6.97. The van der Waals surface area contributed by atoms with Crippen LogP contribution in [-0.2, 0) is 4.74 Å². The van der Waals surface area contributed by atoms with Gasteiger partial charge in [0, 0.05) is 6.42 Å². The fraction of sp³-hybridized carbons (Fsp3) is 0.533. The summed E-state index contributed by atoms with van der Waals surface area (Å²) in [4.78, 5) is 13.3. The van der Waals surface area contributed by atoms with Gasteiger partial charge in [-0.05, 0) is 12.1 Å². The van der Waals surface area contributed by atoms with Gasteiger partial charge in [0.2, 0.25) is 0 Å². The number of ketones is 1. The van der Waals surface area contributed by atoms with Crippen molar-refractivity contribution < 1.29 is 19.2 Å². The third-order valence-electron chi connectivity index (χ3n) is 3.42. The molecule has 1 aromatic carbocycles. The van der Waals surface area contributed by atoms with Crippen LogP contribution in [0.15, 0.2) is 24.3 Å². The maximum Gasteiger partial charge on any atom is 0.166 e. The fourth-order valence-electron chi connectivity index (χ4n) is 2.23. The van der Waals surface area contributed by atoms with Gasteiger partial charge in [-0.3, -0.25) is 4.79 Å². The van der Waals surface area contributed by atoms with E-state index in [0.717, 1.165) is 32.8 Å². The lowest BCUT2D eigenvalue weighted by atomic mass is 10.1. The van der Waals surface area contributed by atoms with Gasteiger partial charge >= 0.3 is 0 Å². The van der Waals surface area contributed by atoms with Crippen LogP contribution in [0.2, 0.25) is 0 Å². The van der Waals surface area contributed by atoms with Crippen LogP contribution < -0.4 is 9.64 Å². The number of nitrogens with one attached hydrogen (secondary N) is 1. The van der Waals surface area contributed by atoms with Crippen LogP contribution >= 0.6 is 0 Å². The summed E-state index contributed by atoms with van der Waals surface area (Å²) in [6, 6.07) is 7.49. The molecule has 4 nitrogen and oxygen atoms in total. The number of hydrogen-bond acceptors (Lipinski definition) is 3. The van der Waals surface area contributed by atoms with Crippen LogP contribution in [-0.4, -0.2) is 45.2 Å². The Balaban J connectivity index is 1.86. The van der Waals surface area contributed by atoms with Crippen molar-refractivity contribution in [2.45, 2.75) is 13.3 Å². The molecule has 0 unspecified atom stereocenters. The molecule has 1 saturated heterocycles. The Bertz CT molecular complexity index is 414. The van der Waals surface area contributed by atoms with E-state index < -0.39 is 0 Å². The largest absolute Gasteiger partial charge is 0.487 e. The van der Waals surface area contributed by atoms with Crippen LogP contribution in [0.5, 0.6) is 5.75 Å². The summed E-state index contributed by atoms with van der Waals surface area (Å²) < 4.78 is 11.1. The minimum absolute atomic E-state index is 0.134. The molecule has 1 aliphatic rings. The monoisotopic (exact) mass is 264 g/mol. The predicted octanol–water partition coefficient (Wildman–Crippen LogP) is 0.573. The lowest BCUT2D eigenvalue weighted by molar-refractivity contribution is -0.908. The smallest absolute Gasteiger partial charge is 0.166 e. The highest BCUT2D eigenvalue weighted by Gasteiger charge is 2.14. The first kappa shape index (κ1) is 14.0. The Hall–Kier alpha value is -1.39. The summed E-state index contributed by atoms with van der Waals surface area (Å²) in [5.74, 6) is 0.844. The van der Waals surface area contributed by atoms with Gasteiger partial charge in [0.25, 0.3) is 0 Å². The highest BCUT2D eigenvalue weighted by Crippen LogP contribution is 2.19. The van der Waals surface area contributed by atoms with Crippen molar-refractivity contribution in [2.24, 2.45) is 0 Å². The number of carbonyl (C=O) groups excluding carboxylic acids is 1. The molecule has 1 aliphatic heterocycles. The molecule has 0 aliphatic carbocycles. The molecule has 1 fully saturated rings. The molecule has 0 atom stereocenters. The Kier molecular flexibility index (Phi) is 5.36. The number of ether oxygens (including phenoxy) is 2. The third kappa shape index (κ3) is 4.04. The summed E-state index contributed by atoms with van der Waals surface area (Å²) in [5.41, 5.74) is 0.696. The SMILES string of the molecule is CCC(=O)c1ccccc1OCC[NH+]1CCOCC1. The zero-order valence-corrected chi connectivity index (χ0v) is 11.5. The van der Waals surface area contributed by atoms with Gasteiger partial charge in [-0.2, -0.15) is 0 Å². The van der Waals surface area contributed by atoms with Gasteiger partial charge in [0.05, 0.1) is 18.8 Å². The van der Waals surface area contributed by atoms with Crippen LogP contribution in [0.4, 0.5) is 0 Å². The zero-order chi connectivity index (χ0) is 13.5. The Labute approximate surface area is 114 Å². The molecule has 1 N–H and O–H groups in total. The Morgan fingerprint density at radius 1 is 1.32 bits per heavy atom. The second-order valence-electron chi connectivity index (χ2n) is 4.73. The van der Waals surface area contributed by atoms with E-state index in [-0.39, 0.29) is 5.78 Å². The van der Waals surface area contributed by atoms with E-state index in [1.807, 2.05) is 31.2 Å². The number of rotatable bonds is 6. The van der Waals surface area contributed by atoms with E-state index in [9.17, 15) is 4.79 Å². The minimum atomic E-state index is 0.134. The van der Waals surface area contributed by atoms with E-state index in [1.165, 1.54) is 4.90 Å². The highest BCUT2D eigenvalue weighted by atomic mass is 16.5. The fourth-order valence-corrected chi connectivity index (χ4v) is 2.23. The van der Waals surface area contributed by atoms with Crippen LogP contribution in [0.25, 0.3) is 0 Å². The third-order valence-corrected chi connectivity index (χ3v) is 3.42. The summed E-state index contributed by atoms with van der Waals surface area (Å²) in [5, 5.41) is 0. The number of benzene rings is 1. The maximum absolute atomic E-state index is 11.8. The van der Waals surface area contributed by atoms with E-state index >= 15 is 0 Å².